The van der Waals surface area contributed by atoms with Gasteiger partial charge < -0.3 is 19.5 Å². The largest absolute Gasteiger partial charge is 0.496 e. The molecule has 0 saturated heterocycles. The minimum atomic E-state index is 0.308. The standard InChI is InChI=1S/C16H25NO3/c1-5-17-13(8-11-6-7-11)12-9-15(19-3)16(20-4)10-14(12)18-2/h9-11,13,17H,5-8H2,1-4H3. The molecule has 4 nitrogen and oxygen atoms in total. The summed E-state index contributed by atoms with van der Waals surface area (Å²) in [6.45, 7) is 3.07. The van der Waals surface area contributed by atoms with Crippen LogP contribution in [0.15, 0.2) is 12.1 Å². The number of nitrogens with one attached hydrogen (secondary N) is 1. The van der Waals surface area contributed by atoms with Crippen molar-refractivity contribution < 1.29 is 14.2 Å². The summed E-state index contributed by atoms with van der Waals surface area (Å²) in [7, 11) is 5.01. The van der Waals surface area contributed by atoms with E-state index in [2.05, 4.69) is 12.2 Å². The smallest absolute Gasteiger partial charge is 0.164 e. The van der Waals surface area contributed by atoms with Gasteiger partial charge >= 0.3 is 0 Å². The molecular formula is C16H25NO3. The third-order valence-corrected chi connectivity index (χ3v) is 3.83. The van der Waals surface area contributed by atoms with Crippen LogP contribution in [0.3, 0.4) is 0 Å². The molecule has 0 spiro atoms. The van der Waals surface area contributed by atoms with E-state index in [1.54, 1.807) is 21.3 Å². The van der Waals surface area contributed by atoms with Crippen LogP contribution in [0.1, 0.15) is 37.8 Å². The zero-order chi connectivity index (χ0) is 14.5. The Hall–Kier alpha value is -1.42. The van der Waals surface area contributed by atoms with Crippen molar-refractivity contribution in [2.45, 2.75) is 32.2 Å². The SMILES string of the molecule is CCNC(CC1CC1)c1cc(OC)c(OC)cc1OC. The molecule has 0 amide bonds. The predicted octanol–water partition coefficient (Wildman–Crippen LogP) is 3.16. The fourth-order valence-corrected chi connectivity index (χ4v) is 2.58. The highest BCUT2D eigenvalue weighted by Gasteiger charge is 2.28. The molecule has 1 fully saturated rings. The summed E-state index contributed by atoms with van der Waals surface area (Å²) in [5.74, 6) is 3.16. The highest BCUT2D eigenvalue weighted by atomic mass is 16.5. The van der Waals surface area contributed by atoms with Crippen LogP contribution < -0.4 is 19.5 Å². The summed E-state index contributed by atoms with van der Waals surface area (Å²) in [5.41, 5.74) is 1.15. The number of ether oxygens (including phenoxy) is 3. The first-order valence-corrected chi connectivity index (χ1v) is 7.26. The van der Waals surface area contributed by atoms with E-state index in [9.17, 15) is 0 Å². The molecule has 1 aliphatic rings. The normalized spacial score (nSPS) is 15.8. The Morgan fingerprint density at radius 2 is 1.65 bits per heavy atom. The van der Waals surface area contributed by atoms with Gasteiger partial charge in [0.2, 0.25) is 0 Å². The Morgan fingerprint density at radius 1 is 1.05 bits per heavy atom. The topological polar surface area (TPSA) is 39.7 Å². The quantitative estimate of drug-likeness (QED) is 0.793. The second-order valence-corrected chi connectivity index (χ2v) is 5.24. The molecule has 1 aliphatic carbocycles. The van der Waals surface area contributed by atoms with Crippen molar-refractivity contribution in [2.75, 3.05) is 27.9 Å². The van der Waals surface area contributed by atoms with E-state index in [0.717, 1.165) is 35.9 Å². The Labute approximate surface area is 121 Å². The van der Waals surface area contributed by atoms with Gasteiger partial charge in [-0.25, -0.2) is 0 Å². The summed E-state index contributed by atoms with van der Waals surface area (Å²) in [6, 6.07) is 4.25. The van der Waals surface area contributed by atoms with Crippen molar-refractivity contribution in [3.05, 3.63) is 17.7 Å². The fraction of sp³-hybridized carbons (Fsp3) is 0.625. The third kappa shape index (κ3) is 3.37. The van der Waals surface area contributed by atoms with E-state index >= 15 is 0 Å². The average Bonchev–Trinajstić information content (AvgIpc) is 3.29. The van der Waals surface area contributed by atoms with Crippen LogP contribution in [0, 0.1) is 5.92 Å². The Morgan fingerprint density at radius 3 is 2.15 bits per heavy atom. The molecule has 1 aromatic rings. The second kappa shape index (κ2) is 6.84. The van der Waals surface area contributed by atoms with Crippen molar-refractivity contribution in [3.63, 3.8) is 0 Å². The lowest BCUT2D eigenvalue weighted by atomic mass is 9.99. The lowest BCUT2D eigenvalue weighted by Crippen LogP contribution is -2.22. The van der Waals surface area contributed by atoms with Gasteiger partial charge in [-0.3, -0.25) is 0 Å². The van der Waals surface area contributed by atoms with Gasteiger partial charge in [0.25, 0.3) is 0 Å². The van der Waals surface area contributed by atoms with Crippen LogP contribution in [-0.2, 0) is 0 Å². The van der Waals surface area contributed by atoms with Gasteiger partial charge in [-0.15, -0.1) is 0 Å². The van der Waals surface area contributed by atoms with Crippen LogP contribution in [0.2, 0.25) is 0 Å². The highest BCUT2D eigenvalue weighted by Crippen LogP contribution is 2.43. The highest BCUT2D eigenvalue weighted by molar-refractivity contribution is 5.51. The molecule has 0 radical (unpaired) electrons. The van der Waals surface area contributed by atoms with E-state index < -0.39 is 0 Å². The number of rotatable bonds is 8. The van der Waals surface area contributed by atoms with Gasteiger partial charge in [-0.1, -0.05) is 19.8 Å². The zero-order valence-electron chi connectivity index (χ0n) is 12.9. The molecule has 2 rings (SSSR count). The van der Waals surface area contributed by atoms with E-state index in [-0.39, 0.29) is 0 Å². The van der Waals surface area contributed by atoms with Crippen molar-refractivity contribution in [3.8, 4) is 17.2 Å². The predicted molar refractivity (Wildman–Crippen MR) is 79.9 cm³/mol. The molecule has 1 aromatic carbocycles. The van der Waals surface area contributed by atoms with E-state index in [4.69, 9.17) is 14.2 Å². The van der Waals surface area contributed by atoms with Crippen molar-refractivity contribution in [2.24, 2.45) is 5.92 Å². The van der Waals surface area contributed by atoms with Crippen LogP contribution in [0.4, 0.5) is 0 Å². The summed E-state index contributed by atoms with van der Waals surface area (Å²) >= 11 is 0. The maximum absolute atomic E-state index is 5.54. The minimum Gasteiger partial charge on any atom is -0.496 e. The van der Waals surface area contributed by atoms with Crippen LogP contribution >= 0.6 is 0 Å². The van der Waals surface area contributed by atoms with Gasteiger partial charge in [0.15, 0.2) is 11.5 Å². The average molecular weight is 279 g/mol. The minimum absolute atomic E-state index is 0.308. The Kier molecular flexibility index (Phi) is 5.12. The summed E-state index contributed by atoms with van der Waals surface area (Å²) in [4.78, 5) is 0. The number of hydrogen-bond donors (Lipinski definition) is 1. The summed E-state index contributed by atoms with van der Waals surface area (Å²) in [6.07, 6.45) is 3.84. The first-order valence-electron chi connectivity index (χ1n) is 7.26. The first kappa shape index (κ1) is 15.0. The molecule has 20 heavy (non-hydrogen) atoms. The van der Waals surface area contributed by atoms with Gasteiger partial charge in [-0.05, 0) is 24.9 Å². The van der Waals surface area contributed by atoms with E-state index in [1.807, 2.05) is 12.1 Å². The van der Waals surface area contributed by atoms with Gasteiger partial charge in [0, 0.05) is 17.7 Å². The molecule has 1 saturated carbocycles. The maximum atomic E-state index is 5.54. The molecule has 0 aromatic heterocycles. The number of hydrogen-bond acceptors (Lipinski definition) is 4. The molecular weight excluding hydrogens is 254 g/mol. The molecule has 0 bridgehead atoms. The summed E-state index contributed by atoms with van der Waals surface area (Å²) < 4.78 is 16.3. The molecule has 1 N–H and O–H groups in total. The molecule has 0 aliphatic heterocycles. The maximum Gasteiger partial charge on any atom is 0.164 e. The van der Waals surface area contributed by atoms with Crippen molar-refractivity contribution >= 4 is 0 Å². The lowest BCUT2D eigenvalue weighted by molar-refractivity contribution is 0.343. The monoisotopic (exact) mass is 279 g/mol. The van der Waals surface area contributed by atoms with E-state index in [0.29, 0.717) is 11.8 Å². The van der Waals surface area contributed by atoms with Gasteiger partial charge in [-0.2, -0.15) is 0 Å². The zero-order valence-corrected chi connectivity index (χ0v) is 12.9. The van der Waals surface area contributed by atoms with Gasteiger partial charge in [0.05, 0.1) is 21.3 Å². The van der Waals surface area contributed by atoms with Gasteiger partial charge in [0.1, 0.15) is 5.75 Å². The van der Waals surface area contributed by atoms with Crippen molar-refractivity contribution in [1.82, 2.24) is 5.32 Å². The molecule has 4 heteroatoms. The van der Waals surface area contributed by atoms with Crippen molar-refractivity contribution in [1.29, 1.82) is 0 Å². The lowest BCUT2D eigenvalue weighted by Gasteiger charge is -2.22. The summed E-state index contributed by atoms with van der Waals surface area (Å²) in [5, 5.41) is 3.56. The second-order valence-electron chi connectivity index (χ2n) is 5.24. The fourth-order valence-electron chi connectivity index (χ4n) is 2.58. The third-order valence-electron chi connectivity index (χ3n) is 3.83. The van der Waals surface area contributed by atoms with Crippen LogP contribution in [-0.4, -0.2) is 27.9 Å². The molecule has 1 atom stereocenters. The van der Waals surface area contributed by atoms with Crippen LogP contribution in [0.25, 0.3) is 0 Å². The first-order chi connectivity index (χ1) is 9.73. The number of benzene rings is 1. The molecule has 1 unspecified atom stereocenters. The Bertz CT molecular complexity index is 444. The Balaban J connectivity index is 2.34. The molecule has 112 valence electrons. The van der Waals surface area contributed by atoms with E-state index in [1.165, 1.54) is 12.8 Å². The number of methoxy groups -OCH3 is 3. The van der Waals surface area contributed by atoms with Crippen LogP contribution in [0.5, 0.6) is 17.2 Å². The molecule has 0 heterocycles.